The number of aliphatic hydroxyl groups excluding tert-OH is 1. The lowest BCUT2D eigenvalue weighted by atomic mass is 10.1. The van der Waals surface area contributed by atoms with Gasteiger partial charge >= 0.3 is 5.97 Å². The van der Waals surface area contributed by atoms with Gasteiger partial charge in [-0.2, -0.15) is 0 Å². The van der Waals surface area contributed by atoms with Crippen molar-refractivity contribution in [3.8, 4) is 5.75 Å². The highest BCUT2D eigenvalue weighted by Crippen LogP contribution is 2.29. The molecule has 0 saturated carbocycles. The van der Waals surface area contributed by atoms with Gasteiger partial charge in [-0.15, -0.1) is 0 Å². The van der Waals surface area contributed by atoms with Crippen LogP contribution in [-0.2, 0) is 11.4 Å². The Hall–Kier alpha value is -1.85. The van der Waals surface area contributed by atoms with Gasteiger partial charge in [-0.1, -0.05) is 46.3 Å². The second-order valence-electron chi connectivity index (χ2n) is 4.57. The number of hydrogen-bond acceptors (Lipinski definition) is 3. The summed E-state index contributed by atoms with van der Waals surface area (Å²) in [5.74, 6) is -0.466. The van der Waals surface area contributed by atoms with Gasteiger partial charge in [0.1, 0.15) is 12.4 Å². The van der Waals surface area contributed by atoms with E-state index in [0.29, 0.717) is 22.4 Å². The first-order chi connectivity index (χ1) is 10.1. The van der Waals surface area contributed by atoms with E-state index >= 15 is 0 Å². The number of rotatable bonds is 6. The fraction of sp³-hybridized carbons (Fsp3) is 0.188. The molecule has 1 atom stereocenters. The van der Waals surface area contributed by atoms with Crippen LogP contribution in [-0.4, -0.2) is 16.2 Å². The molecule has 0 saturated heterocycles. The van der Waals surface area contributed by atoms with Crippen molar-refractivity contribution in [2.45, 2.75) is 19.1 Å². The molecular formula is C16H15BrO4. The van der Waals surface area contributed by atoms with Crippen LogP contribution in [0.5, 0.6) is 5.75 Å². The zero-order valence-electron chi connectivity index (χ0n) is 11.2. The summed E-state index contributed by atoms with van der Waals surface area (Å²) in [6, 6.07) is 14.9. The van der Waals surface area contributed by atoms with Crippen molar-refractivity contribution in [3.05, 3.63) is 64.1 Å². The topological polar surface area (TPSA) is 66.8 Å². The Morgan fingerprint density at radius 2 is 1.90 bits per heavy atom. The molecular weight excluding hydrogens is 336 g/mol. The summed E-state index contributed by atoms with van der Waals surface area (Å²) in [7, 11) is 0. The highest BCUT2D eigenvalue weighted by Gasteiger charge is 2.16. The van der Waals surface area contributed by atoms with Gasteiger partial charge in [0.15, 0.2) is 0 Å². The summed E-state index contributed by atoms with van der Waals surface area (Å²) in [5, 5.41) is 18.7. The first kappa shape index (κ1) is 15.5. The zero-order valence-corrected chi connectivity index (χ0v) is 12.8. The molecule has 5 heteroatoms. The fourth-order valence-corrected chi connectivity index (χ4v) is 2.39. The molecule has 0 aromatic heterocycles. The largest absolute Gasteiger partial charge is 0.489 e. The maximum absolute atomic E-state index is 10.7. The highest BCUT2D eigenvalue weighted by atomic mass is 79.9. The maximum atomic E-state index is 10.7. The van der Waals surface area contributed by atoms with Gasteiger partial charge in [0.25, 0.3) is 0 Å². The van der Waals surface area contributed by atoms with Gasteiger partial charge in [-0.3, -0.25) is 4.79 Å². The SMILES string of the molecule is O=C(O)CC(O)c1cc(OCc2ccccc2)ccc1Br. The maximum Gasteiger partial charge on any atom is 0.306 e. The molecule has 0 fully saturated rings. The molecule has 0 spiro atoms. The van der Waals surface area contributed by atoms with Gasteiger partial charge in [0.05, 0.1) is 12.5 Å². The Morgan fingerprint density at radius 3 is 2.57 bits per heavy atom. The van der Waals surface area contributed by atoms with Crippen LogP contribution in [0, 0.1) is 0 Å². The van der Waals surface area contributed by atoms with E-state index in [4.69, 9.17) is 9.84 Å². The predicted molar refractivity (Wildman–Crippen MR) is 82.1 cm³/mol. The summed E-state index contributed by atoms with van der Waals surface area (Å²) < 4.78 is 6.32. The van der Waals surface area contributed by atoms with Gasteiger partial charge < -0.3 is 14.9 Å². The molecule has 2 aromatic rings. The third kappa shape index (κ3) is 4.58. The second kappa shape index (κ2) is 7.24. The van der Waals surface area contributed by atoms with Crippen LogP contribution in [0.25, 0.3) is 0 Å². The Balaban J connectivity index is 2.09. The number of benzene rings is 2. The number of ether oxygens (including phenoxy) is 1. The van der Waals surface area contributed by atoms with Crippen LogP contribution in [0.15, 0.2) is 53.0 Å². The molecule has 4 nitrogen and oxygen atoms in total. The fourth-order valence-electron chi connectivity index (χ4n) is 1.88. The quantitative estimate of drug-likeness (QED) is 0.836. The minimum Gasteiger partial charge on any atom is -0.489 e. The first-order valence-electron chi connectivity index (χ1n) is 6.42. The van der Waals surface area contributed by atoms with Crippen molar-refractivity contribution in [1.82, 2.24) is 0 Å². The third-order valence-electron chi connectivity index (χ3n) is 2.94. The minimum atomic E-state index is -1.07. The van der Waals surface area contributed by atoms with Gasteiger partial charge in [0.2, 0.25) is 0 Å². The van der Waals surface area contributed by atoms with E-state index in [1.165, 1.54) is 0 Å². The monoisotopic (exact) mass is 350 g/mol. The molecule has 0 heterocycles. The summed E-state index contributed by atoms with van der Waals surface area (Å²) in [4.78, 5) is 10.7. The highest BCUT2D eigenvalue weighted by molar-refractivity contribution is 9.10. The van der Waals surface area contributed by atoms with Crippen molar-refractivity contribution in [3.63, 3.8) is 0 Å². The van der Waals surface area contributed by atoms with Gasteiger partial charge in [-0.05, 0) is 29.3 Å². The number of halogens is 1. The molecule has 0 aliphatic carbocycles. The van der Waals surface area contributed by atoms with Crippen LogP contribution in [0.3, 0.4) is 0 Å². The number of carbonyl (C=O) groups is 1. The lowest BCUT2D eigenvalue weighted by molar-refractivity contribution is -0.139. The van der Waals surface area contributed by atoms with Crippen molar-refractivity contribution >= 4 is 21.9 Å². The standard InChI is InChI=1S/C16H15BrO4/c17-14-7-6-12(8-13(14)15(18)9-16(19)20)21-10-11-4-2-1-3-5-11/h1-8,15,18H,9-10H2,(H,19,20). The van der Waals surface area contributed by atoms with Gasteiger partial charge in [-0.25, -0.2) is 0 Å². The molecule has 0 aliphatic rings. The zero-order chi connectivity index (χ0) is 15.2. The Morgan fingerprint density at radius 1 is 1.19 bits per heavy atom. The molecule has 1 unspecified atom stereocenters. The third-order valence-corrected chi connectivity index (χ3v) is 3.66. The van der Waals surface area contributed by atoms with Crippen molar-refractivity contribution in [1.29, 1.82) is 0 Å². The molecule has 2 aromatic carbocycles. The van der Waals surface area contributed by atoms with Crippen molar-refractivity contribution < 1.29 is 19.7 Å². The molecule has 110 valence electrons. The van der Waals surface area contributed by atoms with E-state index in [1.807, 2.05) is 30.3 Å². The Kier molecular flexibility index (Phi) is 5.36. The average Bonchev–Trinajstić information content (AvgIpc) is 2.46. The minimum absolute atomic E-state index is 0.346. The first-order valence-corrected chi connectivity index (χ1v) is 7.21. The smallest absolute Gasteiger partial charge is 0.306 e. The van der Waals surface area contributed by atoms with Crippen LogP contribution < -0.4 is 4.74 Å². The lowest BCUT2D eigenvalue weighted by Crippen LogP contribution is -2.06. The van der Waals surface area contributed by atoms with Crippen molar-refractivity contribution in [2.75, 3.05) is 0 Å². The number of carboxylic acids is 1. The summed E-state index contributed by atoms with van der Waals surface area (Å²) in [6.45, 7) is 0.414. The van der Waals surface area contributed by atoms with Crippen molar-refractivity contribution in [2.24, 2.45) is 0 Å². The predicted octanol–water partition coefficient (Wildman–Crippen LogP) is 3.54. The molecule has 0 amide bonds. The van der Waals surface area contributed by atoms with Crippen LogP contribution in [0.2, 0.25) is 0 Å². The second-order valence-corrected chi connectivity index (χ2v) is 5.43. The number of carboxylic acid groups (broad SMARTS) is 1. The molecule has 0 radical (unpaired) electrons. The summed E-state index contributed by atoms with van der Waals surface area (Å²) in [6.07, 6.45) is -1.42. The van der Waals surface area contributed by atoms with Crippen LogP contribution >= 0.6 is 15.9 Å². The van der Waals surface area contributed by atoms with E-state index in [2.05, 4.69) is 15.9 Å². The molecule has 0 aliphatic heterocycles. The summed E-state index contributed by atoms with van der Waals surface area (Å²) >= 11 is 3.31. The van der Waals surface area contributed by atoms with E-state index < -0.39 is 12.1 Å². The average molecular weight is 351 g/mol. The van der Waals surface area contributed by atoms with Crippen LogP contribution in [0.4, 0.5) is 0 Å². The Labute approximate surface area is 131 Å². The van der Waals surface area contributed by atoms with Gasteiger partial charge in [0, 0.05) is 4.47 Å². The van der Waals surface area contributed by atoms with E-state index in [0.717, 1.165) is 5.56 Å². The lowest BCUT2D eigenvalue weighted by Gasteiger charge is -2.13. The number of aliphatic hydroxyl groups is 1. The summed E-state index contributed by atoms with van der Waals surface area (Å²) in [5.41, 5.74) is 1.54. The van der Waals surface area contributed by atoms with E-state index in [1.54, 1.807) is 18.2 Å². The normalized spacial score (nSPS) is 11.9. The molecule has 2 rings (SSSR count). The Bertz CT molecular complexity index is 613. The van der Waals surface area contributed by atoms with E-state index in [-0.39, 0.29) is 6.42 Å². The molecule has 2 N–H and O–H groups in total. The molecule has 0 bridgehead atoms. The molecule has 21 heavy (non-hydrogen) atoms. The number of hydrogen-bond donors (Lipinski definition) is 2. The van der Waals surface area contributed by atoms with Crippen LogP contribution in [0.1, 0.15) is 23.7 Å². The van der Waals surface area contributed by atoms with E-state index in [9.17, 15) is 9.90 Å². The number of aliphatic carboxylic acids is 1.